The minimum absolute atomic E-state index is 1.11. The maximum Gasteiger partial charge on any atom is 0.0548 e. The van der Waals surface area contributed by atoms with Crippen LogP contribution in [0, 0.1) is 0 Å². The Morgan fingerprint density at radius 1 is 0.237 bits per heavy atom. The highest BCUT2D eigenvalue weighted by Crippen LogP contribution is 2.41. The minimum atomic E-state index is 1.11. The summed E-state index contributed by atoms with van der Waals surface area (Å²) in [4.78, 5) is 0. The summed E-state index contributed by atoms with van der Waals surface area (Å²) in [6.07, 6.45) is 2.19. The van der Waals surface area contributed by atoms with Crippen LogP contribution in [-0.4, -0.2) is 13.7 Å². The average Bonchev–Trinajstić information content (AvgIpc) is 3.98. The zero-order valence-electron chi connectivity index (χ0n) is 32.2. The van der Waals surface area contributed by atoms with Gasteiger partial charge in [-0.05, 0) is 112 Å². The topological polar surface area (TPSA) is 14.8 Å². The van der Waals surface area contributed by atoms with Crippen LogP contribution >= 0.6 is 0 Å². The van der Waals surface area contributed by atoms with Gasteiger partial charge >= 0.3 is 0 Å². The van der Waals surface area contributed by atoms with E-state index in [1.54, 1.807) is 0 Å². The van der Waals surface area contributed by atoms with Gasteiger partial charge in [0.2, 0.25) is 0 Å². The van der Waals surface area contributed by atoms with Gasteiger partial charge in [-0.25, -0.2) is 0 Å². The fourth-order valence-electron chi connectivity index (χ4n) is 9.26. The number of rotatable bonds is 6. The van der Waals surface area contributed by atoms with Gasteiger partial charge in [-0.15, -0.1) is 0 Å². The Hall–Kier alpha value is -7.88. The summed E-state index contributed by atoms with van der Waals surface area (Å²) in [7, 11) is 0. The highest BCUT2D eigenvalue weighted by Gasteiger charge is 2.20. The first kappa shape index (κ1) is 33.3. The number of hydrogen-bond donors (Lipinski definition) is 0. The van der Waals surface area contributed by atoms with Crippen molar-refractivity contribution in [2.45, 2.75) is 0 Å². The van der Waals surface area contributed by atoms with Crippen molar-refractivity contribution in [2.75, 3.05) is 0 Å². The third-order valence-corrected chi connectivity index (χ3v) is 12.0. The van der Waals surface area contributed by atoms with Crippen molar-refractivity contribution in [3.8, 4) is 50.4 Å². The largest absolute Gasteiger partial charge is 0.317 e. The van der Waals surface area contributed by atoms with Crippen molar-refractivity contribution in [1.29, 1.82) is 0 Å². The van der Waals surface area contributed by atoms with E-state index in [0.29, 0.717) is 0 Å². The second-order valence-corrected chi connectivity index (χ2v) is 15.4. The molecule has 0 saturated carbocycles. The van der Waals surface area contributed by atoms with E-state index in [9.17, 15) is 0 Å². The third-order valence-electron chi connectivity index (χ3n) is 12.0. The summed E-state index contributed by atoms with van der Waals surface area (Å²) in [6, 6.07) is 79.7. The molecule has 0 aliphatic carbocycles. The summed E-state index contributed by atoms with van der Waals surface area (Å²) >= 11 is 0. The maximum atomic E-state index is 2.47. The molecule has 0 fully saturated rings. The summed E-state index contributed by atoms with van der Waals surface area (Å²) in [6.45, 7) is 0. The zero-order chi connectivity index (χ0) is 38.9. The van der Waals surface area contributed by atoms with Crippen molar-refractivity contribution >= 4 is 54.5 Å². The number of fused-ring (bicyclic) bond motifs is 7. The molecule has 12 rings (SSSR count). The lowest BCUT2D eigenvalue weighted by Gasteiger charge is -2.16. The third kappa shape index (κ3) is 5.44. The smallest absolute Gasteiger partial charge is 0.0548 e. The molecule has 0 unspecified atom stereocenters. The number of benzene rings is 9. The van der Waals surface area contributed by atoms with E-state index >= 15 is 0 Å². The Bertz CT molecular complexity index is 3420. The Morgan fingerprint density at radius 2 is 0.712 bits per heavy atom. The van der Waals surface area contributed by atoms with E-state index < -0.39 is 0 Å². The Labute approximate surface area is 341 Å². The number of para-hydroxylation sites is 2. The lowest BCUT2D eigenvalue weighted by molar-refractivity contribution is 1.13. The molecular formula is C56H37N3. The monoisotopic (exact) mass is 751 g/mol. The quantitative estimate of drug-likeness (QED) is 0.161. The molecule has 3 aromatic heterocycles. The Morgan fingerprint density at radius 3 is 1.31 bits per heavy atom. The minimum Gasteiger partial charge on any atom is -0.317 e. The van der Waals surface area contributed by atoms with Crippen molar-refractivity contribution in [3.05, 3.63) is 225 Å². The Kier molecular flexibility index (Phi) is 7.54. The van der Waals surface area contributed by atoms with Gasteiger partial charge in [-0.1, -0.05) is 140 Å². The van der Waals surface area contributed by atoms with Crippen LogP contribution in [0.2, 0.25) is 0 Å². The fourth-order valence-corrected chi connectivity index (χ4v) is 9.26. The van der Waals surface area contributed by atoms with Crippen molar-refractivity contribution in [3.63, 3.8) is 0 Å². The summed E-state index contributed by atoms with van der Waals surface area (Å²) < 4.78 is 7.23. The van der Waals surface area contributed by atoms with Gasteiger partial charge in [0.1, 0.15) is 0 Å². The van der Waals surface area contributed by atoms with Crippen LogP contribution in [0.25, 0.3) is 105 Å². The van der Waals surface area contributed by atoms with Crippen LogP contribution in [-0.2, 0) is 0 Å². The molecule has 3 heteroatoms. The van der Waals surface area contributed by atoms with Crippen LogP contribution in [0.5, 0.6) is 0 Å². The molecule has 0 aliphatic rings. The van der Waals surface area contributed by atoms with E-state index in [1.807, 2.05) is 0 Å². The lowest BCUT2D eigenvalue weighted by atomic mass is 10.0. The number of nitrogens with zero attached hydrogens (tertiary/aromatic N) is 3. The highest BCUT2D eigenvalue weighted by atomic mass is 15.0. The molecule has 3 heterocycles. The first-order chi connectivity index (χ1) is 29.2. The van der Waals surface area contributed by atoms with Crippen molar-refractivity contribution < 1.29 is 0 Å². The predicted molar refractivity (Wildman–Crippen MR) is 248 cm³/mol. The van der Waals surface area contributed by atoms with E-state index in [2.05, 4.69) is 238 Å². The van der Waals surface area contributed by atoms with Crippen molar-refractivity contribution in [2.24, 2.45) is 0 Å². The number of hydrogen-bond acceptors (Lipinski definition) is 0. The molecule has 9 aromatic carbocycles. The SMILES string of the molecule is c1ccc(-c2cc(-n3c4ccc(-c5ccccc5)cc4c4cc(-c5ccccc5)ccc43)cc(-n3c4ccccc4c4cc5c(ccn5-c5ccccc5)cc43)c2)cc1. The van der Waals surface area contributed by atoms with Gasteiger partial charge in [-0.2, -0.15) is 0 Å². The molecule has 276 valence electrons. The second kappa shape index (κ2) is 13.4. The van der Waals surface area contributed by atoms with E-state index in [0.717, 1.165) is 22.6 Å². The molecule has 0 radical (unpaired) electrons. The van der Waals surface area contributed by atoms with Crippen LogP contribution < -0.4 is 0 Å². The van der Waals surface area contributed by atoms with E-state index in [4.69, 9.17) is 0 Å². The molecule has 0 spiro atoms. The zero-order valence-corrected chi connectivity index (χ0v) is 32.2. The first-order valence-electron chi connectivity index (χ1n) is 20.3. The van der Waals surface area contributed by atoms with E-state index in [-0.39, 0.29) is 0 Å². The van der Waals surface area contributed by atoms with Crippen LogP contribution in [0.15, 0.2) is 225 Å². The molecule has 0 aliphatic heterocycles. The molecule has 0 atom stereocenters. The van der Waals surface area contributed by atoms with E-state index in [1.165, 1.54) is 82.3 Å². The maximum absolute atomic E-state index is 2.47. The molecule has 0 saturated heterocycles. The van der Waals surface area contributed by atoms with Gasteiger partial charge in [0.05, 0.1) is 27.6 Å². The van der Waals surface area contributed by atoms with Crippen LogP contribution in [0.4, 0.5) is 0 Å². The molecule has 59 heavy (non-hydrogen) atoms. The normalized spacial score (nSPS) is 11.7. The van der Waals surface area contributed by atoms with Crippen LogP contribution in [0.3, 0.4) is 0 Å². The number of aromatic nitrogens is 3. The standard InChI is InChI=1S/C56H37N3/c1-5-15-38(16-6-1)41-25-27-53-49(33-41)50-34-42(39-17-7-2-8-18-39)26-28-54(50)58(53)46-31-44(40-19-9-3-10-20-40)32-47(36-46)59-52-24-14-13-23-48(52)51-37-55-43(35-56(51)59)29-30-57(55)45-21-11-4-12-22-45/h1-37H. The summed E-state index contributed by atoms with van der Waals surface area (Å²) in [5.41, 5.74) is 16.5. The lowest BCUT2D eigenvalue weighted by Crippen LogP contribution is -2.00. The molecular weight excluding hydrogens is 715 g/mol. The first-order valence-corrected chi connectivity index (χ1v) is 20.3. The summed E-state index contributed by atoms with van der Waals surface area (Å²) in [5.74, 6) is 0. The average molecular weight is 752 g/mol. The molecule has 3 nitrogen and oxygen atoms in total. The molecule has 0 bridgehead atoms. The summed E-state index contributed by atoms with van der Waals surface area (Å²) in [5, 5.41) is 6.13. The fraction of sp³-hybridized carbons (Fsp3) is 0. The van der Waals surface area contributed by atoms with Gasteiger partial charge < -0.3 is 13.7 Å². The van der Waals surface area contributed by atoms with Gasteiger partial charge in [0.15, 0.2) is 0 Å². The second-order valence-electron chi connectivity index (χ2n) is 15.4. The predicted octanol–water partition coefficient (Wildman–Crippen LogP) is 14.8. The van der Waals surface area contributed by atoms with Crippen molar-refractivity contribution in [1.82, 2.24) is 13.7 Å². The van der Waals surface area contributed by atoms with Gasteiger partial charge in [0.25, 0.3) is 0 Å². The molecule has 0 amide bonds. The van der Waals surface area contributed by atoms with Crippen LogP contribution in [0.1, 0.15) is 0 Å². The Balaban J connectivity index is 1.14. The highest BCUT2D eigenvalue weighted by molar-refractivity contribution is 6.14. The molecule has 0 N–H and O–H groups in total. The van der Waals surface area contributed by atoms with Gasteiger partial charge in [0, 0.05) is 50.2 Å². The van der Waals surface area contributed by atoms with Gasteiger partial charge in [-0.3, -0.25) is 0 Å². The molecule has 12 aromatic rings.